The number of thioether (sulfide) groups is 1. The molecular weight excluding hydrogens is 411 g/mol. The van der Waals surface area contributed by atoms with Crippen LogP contribution in [0.15, 0.2) is 59.1 Å². The number of hydrogen-bond acceptors (Lipinski definition) is 5. The zero-order valence-corrected chi connectivity index (χ0v) is 17.5. The van der Waals surface area contributed by atoms with Crippen molar-refractivity contribution >= 4 is 40.2 Å². The zero-order chi connectivity index (χ0) is 20.4. The molecule has 2 aliphatic rings. The fourth-order valence-electron chi connectivity index (χ4n) is 3.63. The summed E-state index contributed by atoms with van der Waals surface area (Å²) in [5, 5.41) is 1.12. The summed E-state index contributed by atoms with van der Waals surface area (Å²) in [6.45, 7) is 2.75. The molecule has 150 valence electrons. The fraction of sp³-hybridized carbons (Fsp3) is 0.273. The first-order chi connectivity index (χ1) is 14.1. The van der Waals surface area contributed by atoms with E-state index in [2.05, 4.69) is 4.90 Å². The molecule has 2 aromatic rings. The number of amidine groups is 1. The highest BCUT2D eigenvalue weighted by molar-refractivity contribution is 8.13. The number of fused-ring (bicyclic) bond motifs is 1. The second kappa shape index (κ2) is 8.59. The Hall–Kier alpha value is -2.31. The molecule has 0 saturated carbocycles. The molecule has 0 radical (unpaired) electrons. The first-order valence-electron chi connectivity index (χ1n) is 9.50. The van der Waals surface area contributed by atoms with Crippen LogP contribution >= 0.6 is 23.4 Å². The predicted molar refractivity (Wildman–Crippen MR) is 115 cm³/mol. The first-order valence-corrected chi connectivity index (χ1v) is 10.9. The third-order valence-electron chi connectivity index (χ3n) is 4.87. The number of hydrogen-bond donors (Lipinski definition) is 0. The molecule has 0 unspecified atom stereocenters. The Bertz CT molecular complexity index is 994. The van der Waals surface area contributed by atoms with Crippen LogP contribution < -0.4 is 0 Å². The smallest absolute Gasteiger partial charge is 0.338 e. The van der Waals surface area contributed by atoms with Gasteiger partial charge in [0, 0.05) is 22.9 Å². The van der Waals surface area contributed by atoms with Crippen molar-refractivity contribution in [3.8, 4) is 0 Å². The number of rotatable bonds is 4. The lowest BCUT2D eigenvalue weighted by molar-refractivity contribution is -0.139. The topological polar surface area (TPSA) is 41.9 Å². The molecule has 0 bridgehead atoms. The van der Waals surface area contributed by atoms with E-state index in [1.807, 2.05) is 30.3 Å². The van der Waals surface area contributed by atoms with E-state index in [0.29, 0.717) is 16.8 Å². The van der Waals surface area contributed by atoms with Crippen molar-refractivity contribution in [3.63, 3.8) is 0 Å². The number of esters is 1. The van der Waals surface area contributed by atoms with Gasteiger partial charge in [-0.2, -0.15) is 0 Å². The van der Waals surface area contributed by atoms with Gasteiger partial charge in [-0.05, 0) is 31.0 Å². The maximum absolute atomic E-state index is 13.7. The fourth-order valence-corrected chi connectivity index (χ4v) is 4.88. The molecule has 0 aliphatic carbocycles. The summed E-state index contributed by atoms with van der Waals surface area (Å²) in [4.78, 5) is 20.0. The van der Waals surface area contributed by atoms with Gasteiger partial charge in [-0.1, -0.05) is 59.8 Å². The molecule has 2 heterocycles. The average Bonchev–Trinajstić information content (AvgIpc) is 2.73. The maximum atomic E-state index is 13.7. The minimum absolute atomic E-state index is 0.250. The molecule has 1 saturated heterocycles. The van der Waals surface area contributed by atoms with Gasteiger partial charge in [-0.25, -0.2) is 14.2 Å². The van der Waals surface area contributed by atoms with E-state index in [1.165, 1.54) is 12.1 Å². The van der Waals surface area contributed by atoms with Crippen molar-refractivity contribution in [2.24, 2.45) is 4.99 Å². The summed E-state index contributed by atoms with van der Waals surface area (Å²) < 4.78 is 19.1. The lowest BCUT2D eigenvalue weighted by Crippen LogP contribution is -2.42. The van der Waals surface area contributed by atoms with Crippen molar-refractivity contribution in [2.75, 3.05) is 18.9 Å². The van der Waals surface area contributed by atoms with E-state index in [1.54, 1.807) is 24.8 Å². The third kappa shape index (κ3) is 3.91. The Morgan fingerprint density at radius 2 is 2.10 bits per heavy atom. The van der Waals surface area contributed by atoms with Crippen LogP contribution in [0.25, 0.3) is 5.70 Å². The Morgan fingerprint density at radius 1 is 1.31 bits per heavy atom. The molecule has 7 heteroatoms. The van der Waals surface area contributed by atoms with Crippen LogP contribution in [-0.4, -0.2) is 34.9 Å². The SMILES string of the molecule is CCOC(=O)C1=C(c2ccccc2)N=C2SCCCN2[C@H]1c1ccc(F)cc1Cl. The van der Waals surface area contributed by atoms with Crippen molar-refractivity contribution in [1.82, 2.24) is 4.90 Å². The third-order valence-corrected chi connectivity index (χ3v) is 6.27. The van der Waals surface area contributed by atoms with Gasteiger partial charge in [0.25, 0.3) is 0 Å². The summed E-state index contributed by atoms with van der Waals surface area (Å²) in [6.07, 6.45) is 0.954. The van der Waals surface area contributed by atoms with Gasteiger partial charge < -0.3 is 9.64 Å². The summed E-state index contributed by atoms with van der Waals surface area (Å²) in [6, 6.07) is 13.4. The molecule has 29 heavy (non-hydrogen) atoms. The van der Waals surface area contributed by atoms with E-state index in [9.17, 15) is 9.18 Å². The molecule has 1 atom stereocenters. The van der Waals surface area contributed by atoms with Crippen LogP contribution in [0.1, 0.15) is 30.5 Å². The summed E-state index contributed by atoms with van der Waals surface area (Å²) >= 11 is 8.10. The Morgan fingerprint density at radius 3 is 2.83 bits per heavy atom. The van der Waals surface area contributed by atoms with Crippen LogP contribution in [0.5, 0.6) is 0 Å². The summed E-state index contributed by atoms with van der Waals surface area (Å²) in [5.41, 5.74) is 2.50. The Balaban J connectivity index is 1.97. The number of ether oxygens (including phenoxy) is 1. The number of benzene rings is 2. The van der Waals surface area contributed by atoms with Crippen LogP contribution in [0.2, 0.25) is 5.02 Å². The maximum Gasteiger partial charge on any atom is 0.338 e. The second-order valence-corrected chi connectivity index (χ2v) is 8.18. The molecule has 0 amide bonds. The summed E-state index contributed by atoms with van der Waals surface area (Å²) in [5.74, 6) is 0.104. The number of aliphatic imine (C=N–C) groups is 1. The lowest BCUT2D eigenvalue weighted by Gasteiger charge is -2.41. The van der Waals surface area contributed by atoms with Crippen LogP contribution in [-0.2, 0) is 9.53 Å². The summed E-state index contributed by atoms with van der Waals surface area (Å²) in [7, 11) is 0. The molecule has 2 aliphatic heterocycles. The van der Waals surface area contributed by atoms with Gasteiger partial charge in [0.2, 0.25) is 0 Å². The Labute approximate surface area is 178 Å². The molecular formula is C22H20ClFN2O2S. The van der Waals surface area contributed by atoms with Crippen LogP contribution in [0.3, 0.4) is 0 Å². The van der Waals surface area contributed by atoms with Crippen molar-refractivity contribution in [3.05, 3.63) is 76.1 Å². The van der Waals surface area contributed by atoms with Gasteiger partial charge in [0.15, 0.2) is 5.17 Å². The minimum Gasteiger partial charge on any atom is -0.463 e. The van der Waals surface area contributed by atoms with E-state index < -0.39 is 17.8 Å². The largest absolute Gasteiger partial charge is 0.463 e. The van der Waals surface area contributed by atoms with Crippen LogP contribution in [0, 0.1) is 5.82 Å². The highest BCUT2D eigenvalue weighted by atomic mass is 35.5. The Kier molecular flexibility index (Phi) is 5.92. The van der Waals surface area contributed by atoms with Gasteiger partial charge in [-0.3, -0.25) is 0 Å². The molecule has 4 rings (SSSR count). The van der Waals surface area contributed by atoms with Crippen molar-refractivity contribution in [2.45, 2.75) is 19.4 Å². The van der Waals surface area contributed by atoms with Gasteiger partial charge in [-0.15, -0.1) is 0 Å². The molecule has 0 N–H and O–H groups in total. The minimum atomic E-state index is -0.488. The normalized spacial score (nSPS) is 18.9. The van der Waals surface area contributed by atoms with E-state index >= 15 is 0 Å². The number of carbonyl (C=O) groups excluding carboxylic acids is 1. The predicted octanol–water partition coefficient (Wildman–Crippen LogP) is 5.30. The van der Waals surface area contributed by atoms with Gasteiger partial charge in [0.05, 0.1) is 23.9 Å². The molecule has 1 fully saturated rings. The van der Waals surface area contributed by atoms with Crippen LogP contribution in [0.4, 0.5) is 4.39 Å². The quantitative estimate of drug-likeness (QED) is 0.617. The zero-order valence-electron chi connectivity index (χ0n) is 15.9. The monoisotopic (exact) mass is 430 g/mol. The lowest BCUT2D eigenvalue weighted by atomic mass is 9.91. The second-order valence-electron chi connectivity index (χ2n) is 6.71. The highest BCUT2D eigenvalue weighted by Crippen LogP contribution is 2.44. The standard InChI is InChI=1S/C22H20ClFN2O2S/c1-2-28-21(27)18-19(14-7-4-3-5-8-14)25-22-26(11-6-12-29-22)20(18)16-10-9-15(24)13-17(16)23/h3-5,7-10,13,20H,2,6,11-12H2,1H3/t20-/m0/s1. The van der Waals surface area contributed by atoms with Crippen molar-refractivity contribution < 1.29 is 13.9 Å². The number of carbonyl (C=O) groups is 1. The molecule has 4 nitrogen and oxygen atoms in total. The first kappa shape index (κ1) is 20.0. The molecule has 2 aromatic carbocycles. The van der Waals surface area contributed by atoms with E-state index in [4.69, 9.17) is 21.3 Å². The average molecular weight is 431 g/mol. The van der Waals surface area contributed by atoms with Crippen molar-refractivity contribution in [1.29, 1.82) is 0 Å². The van der Waals surface area contributed by atoms with Gasteiger partial charge in [0.1, 0.15) is 5.82 Å². The number of halogens is 2. The number of nitrogens with zero attached hydrogens (tertiary/aromatic N) is 2. The van der Waals surface area contributed by atoms with E-state index in [-0.39, 0.29) is 11.6 Å². The molecule has 0 spiro atoms. The van der Waals surface area contributed by atoms with E-state index in [0.717, 1.165) is 29.4 Å². The molecule has 0 aromatic heterocycles. The van der Waals surface area contributed by atoms with Gasteiger partial charge >= 0.3 is 5.97 Å². The highest BCUT2D eigenvalue weighted by Gasteiger charge is 2.40.